The van der Waals surface area contributed by atoms with Gasteiger partial charge in [0.05, 0.1) is 23.0 Å². The molecule has 1 N–H and O–H groups in total. The van der Waals surface area contributed by atoms with Crippen molar-refractivity contribution in [3.8, 4) is 17.2 Å². The minimum absolute atomic E-state index is 0.0526. The van der Waals surface area contributed by atoms with Crippen molar-refractivity contribution < 1.29 is 18.9 Å². The summed E-state index contributed by atoms with van der Waals surface area (Å²) < 4.78 is 10.9. The first kappa shape index (κ1) is 19.4. The Morgan fingerprint density at radius 3 is 2.86 bits per heavy atom. The minimum atomic E-state index is -0.500. The van der Waals surface area contributed by atoms with Crippen molar-refractivity contribution in [3.05, 3.63) is 58.6 Å². The summed E-state index contributed by atoms with van der Waals surface area (Å²) >= 11 is 1.07. The zero-order valence-electron chi connectivity index (χ0n) is 14.8. The van der Waals surface area contributed by atoms with Gasteiger partial charge in [-0.15, -0.1) is 10.2 Å². The van der Waals surface area contributed by atoms with Gasteiger partial charge in [-0.05, 0) is 25.1 Å². The number of nitrogens with one attached hydrogen (secondary N) is 1. The number of para-hydroxylation sites is 2. The Kier molecular flexibility index (Phi) is 6.22. The molecule has 10 heteroatoms. The zero-order chi connectivity index (χ0) is 19.9. The van der Waals surface area contributed by atoms with Gasteiger partial charge in [0.1, 0.15) is 5.75 Å². The fourth-order valence-corrected chi connectivity index (χ4v) is 2.87. The van der Waals surface area contributed by atoms with E-state index in [4.69, 9.17) is 9.15 Å². The number of rotatable bonds is 8. The summed E-state index contributed by atoms with van der Waals surface area (Å²) in [6.07, 6.45) is 0. The smallest absolute Gasteiger partial charge is 0.277 e. The minimum Gasteiger partial charge on any atom is -0.492 e. The van der Waals surface area contributed by atoms with E-state index >= 15 is 0 Å². The number of benzene rings is 2. The Morgan fingerprint density at radius 2 is 2.07 bits per heavy atom. The molecule has 2 aromatic carbocycles. The highest BCUT2D eigenvalue weighted by atomic mass is 32.2. The summed E-state index contributed by atoms with van der Waals surface area (Å²) in [5, 5.41) is 21.6. The standard InChI is InChI=1S/C18H16N4O5S/c1-2-26-15-9-4-3-8-14(15)19-16(23)11-28-18-21-20-17(27-18)12-6-5-7-13(10-12)22(24)25/h3-10H,2,11H2,1H3,(H,19,23). The van der Waals surface area contributed by atoms with Crippen molar-refractivity contribution in [1.29, 1.82) is 0 Å². The van der Waals surface area contributed by atoms with E-state index in [1.807, 2.05) is 13.0 Å². The van der Waals surface area contributed by atoms with Crippen LogP contribution in [0, 0.1) is 10.1 Å². The lowest BCUT2D eigenvalue weighted by molar-refractivity contribution is -0.384. The first-order chi connectivity index (χ1) is 13.6. The van der Waals surface area contributed by atoms with E-state index in [1.54, 1.807) is 24.3 Å². The van der Waals surface area contributed by atoms with Crippen LogP contribution in [0.15, 0.2) is 58.2 Å². The molecule has 1 aromatic heterocycles. The topological polar surface area (TPSA) is 120 Å². The number of amides is 1. The highest BCUT2D eigenvalue weighted by Crippen LogP contribution is 2.27. The van der Waals surface area contributed by atoms with Crippen molar-refractivity contribution in [2.24, 2.45) is 0 Å². The van der Waals surface area contributed by atoms with Gasteiger partial charge in [0.15, 0.2) is 0 Å². The molecule has 144 valence electrons. The highest BCUT2D eigenvalue weighted by Gasteiger charge is 2.14. The van der Waals surface area contributed by atoms with Crippen molar-refractivity contribution >= 4 is 29.0 Å². The third kappa shape index (κ3) is 4.86. The maximum Gasteiger partial charge on any atom is 0.277 e. The maximum absolute atomic E-state index is 12.2. The normalized spacial score (nSPS) is 10.5. The molecule has 9 nitrogen and oxygen atoms in total. The van der Waals surface area contributed by atoms with Crippen LogP contribution in [0.1, 0.15) is 6.92 Å². The van der Waals surface area contributed by atoms with Gasteiger partial charge >= 0.3 is 0 Å². The van der Waals surface area contributed by atoms with Gasteiger partial charge in [-0.3, -0.25) is 14.9 Å². The number of thioether (sulfide) groups is 1. The molecule has 0 unspecified atom stereocenters. The van der Waals surface area contributed by atoms with Crippen LogP contribution in [0.5, 0.6) is 5.75 Å². The van der Waals surface area contributed by atoms with Crippen molar-refractivity contribution in [2.75, 3.05) is 17.7 Å². The van der Waals surface area contributed by atoms with E-state index in [0.717, 1.165) is 11.8 Å². The molecular weight excluding hydrogens is 384 g/mol. The predicted molar refractivity (Wildman–Crippen MR) is 103 cm³/mol. The van der Waals surface area contributed by atoms with Gasteiger partial charge in [0.25, 0.3) is 10.9 Å². The maximum atomic E-state index is 12.2. The molecule has 0 spiro atoms. The van der Waals surface area contributed by atoms with E-state index in [2.05, 4.69) is 15.5 Å². The van der Waals surface area contributed by atoms with Crippen molar-refractivity contribution in [2.45, 2.75) is 12.1 Å². The molecule has 1 amide bonds. The molecule has 3 aromatic rings. The summed E-state index contributed by atoms with van der Waals surface area (Å²) in [6.45, 7) is 2.35. The number of hydrogen-bond donors (Lipinski definition) is 1. The number of aromatic nitrogens is 2. The van der Waals surface area contributed by atoms with E-state index in [9.17, 15) is 14.9 Å². The molecule has 0 atom stereocenters. The number of nitro groups is 1. The molecule has 0 aliphatic rings. The Labute approximate surface area is 164 Å². The van der Waals surface area contributed by atoms with Gasteiger partial charge in [0, 0.05) is 17.7 Å². The van der Waals surface area contributed by atoms with Gasteiger partial charge in [-0.2, -0.15) is 0 Å². The third-order valence-electron chi connectivity index (χ3n) is 3.50. The molecule has 0 aliphatic heterocycles. The van der Waals surface area contributed by atoms with Gasteiger partial charge < -0.3 is 14.5 Å². The Balaban J connectivity index is 1.61. The summed E-state index contributed by atoms with van der Waals surface area (Å²) in [5.41, 5.74) is 0.943. The lowest BCUT2D eigenvalue weighted by Crippen LogP contribution is -2.14. The number of nitro benzene ring substituents is 1. The Hall–Kier alpha value is -3.40. The van der Waals surface area contributed by atoms with Crippen LogP contribution in [-0.4, -0.2) is 33.4 Å². The molecule has 0 bridgehead atoms. The van der Waals surface area contributed by atoms with Crippen LogP contribution in [0.4, 0.5) is 11.4 Å². The number of nitrogens with zero attached hydrogens (tertiary/aromatic N) is 3. The number of anilines is 1. The number of carbonyl (C=O) groups is 1. The molecule has 28 heavy (non-hydrogen) atoms. The fraction of sp³-hybridized carbons (Fsp3) is 0.167. The third-order valence-corrected chi connectivity index (χ3v) is 4.32. The lowest BCUT2D eigenvalue weighted by atomic mass is 10.2. The molecule has 1 heterocycles. The second kappa shape index (κ2) is 9.00. The van der Waals surface area contributed by atoms with E-state index in [0.29, 0.717) is 23.6 Å². The molecule has 0 radical (unpaired) electrons. The first-order valence-corrected chi connectivity index (χ1v) is 9.28. The van der Waals surface area contributed by atoms with E-state index in [-0.39, 0.29) is 28.5 Å². The summed E-state index contributed by atoms with van der Waals surface area (Å²) in [5.74, 6) is 0.534. The number of non-ortho nitro benzene ring substituents is 1. The van der Waals surface area contributed by atoms with Gasteiger partial charge in [-0.25, -0.2) is 0 Å². The largest absolute Gasteiger partial charge is 0.492 e. The first-order valence-electron chi connectivity index (χ1n) is 8.29. The van der Waals surface area contributed by atoms with E-state index < -0.39 is 4.92 Å². The van der Waals surface area contributed by atoms with Gasteiger partial charge in [0.2, 0.25) is 11.8 Å². The summed E-state index contributed by atoms with van der Waals surface area (Å²) in [6, 6.07) is 13.0. The number of hydrogen-bond acceptors (Lipinski definition) is 8. The number of carbonyl (C=O) groups excluding carboxylic acids is 1. The van der Waals surface area contributed by atoms with Crippen LogP contribution in [0.2, 0.25) is 0 Å². The molecule has 0 aliphatic carbocycles. The SMILES string of the molecule is CCOc1ccccc1NC(=O)CSc1nnc(-c2cccc([N+](=O)[O-])c2)o1. The molecule has 3 rings (SSSR count). The summed E-state index contributed by atoms with van der Waals surface area (Å²) in [7, 11) is 0. The predicted octanol–water partition coefficient (Wildman–Crippen LogP) is 3.77. The Morgan fingerprint density at radius 1 is 1.25 bits per heavy atom. The van der Waals surface area contributed by atoms with Crippen LogP contribution in [0.25, 0.3) is 11.5 Å². The second-order valence-corrected chi connectivity index (χ2v) is 6.37. The zero-order valence-corrected chi connectivity index (χ0v) is 15.6. The van der Waals surface area contributed by atoms with Crippen molar-refractivity contribution in [1.82, 2.24) is 10.2 Å². The highest BCUT2D eigenvalue weighted by molar-refractivity contribution is 7.99. The van der Waals surface area contributed by atoms with Crippen LogP contribution in [-0.2, 0) is 4.79 Å². The van der Waals surface area contributed by atoms with Gasteiger partial charge in [-0.1, -0.05) is 30.0 Å². The summed E-state index contributed by atoms with van der Waals surface area (Å²) in [4.78, 5) is 22.5. The van der Waals surface area contributed by atoms with Crippen LogP contribution < -0.4 is 10.1 Å². The quantitative estimate of drug-likeness (QED) is 0.345. The average molecular weight is 400 g/mol. The van der Waals surface area contributed by atoms with Crippen LogP contribution >= 0.6 is 11.8 Å². The molecule has 0 fully saturated rings. The Bertz CT molecular complexity index is 991. The van der Waals surface area contributed by atoms with Crippen LogP contribution in [0.3, 0.4) is 0 Å². The molecular formula is C18H16N4O5S. The van der Waals surface area contributed by atoms with Crippen molar-refractivity contribution in [3.63, 3.8) is 0 Å². The second-order valence-electron chi connectivity index (χ2n) is 5.45. The number of ether oxygens (including phenoxy) is 1. The lowest BCUT2D eigenvalue weighted by Gasteiger charge is -2.10. The monoisotopic (exact) mass is 400 g/mol. The average Bonchev–Trinajstić information content (AvgIpc) is 3.17. The molecule has 0 saturated carbocycles. The van der Waals surface area contributed by atoms with E-state index in [1.165, 1.54) is 18.2 Å². The molecule has 0 saturated heterocycles. The fourth-order valence-electron chi connectivity index (χ4n) is 2.30.